The first-order valence-corrected chi connectivity index (χ1v) is 9.28. The number of fused-ring (bicyclic) bond motifs is 1. The lowest BCUT2D eigenvalue weighted by molar-refractivity contribution is 0.0909. The van der Waals surface area contributed by atoms with E-state index in [0.717, 1.165) is 36.0 Å². The third kappa shape index (κ3) is 3.22. The van der Waals surface area contributed by atoms with Gasteiger partial charge in [0.15, 0.2) is 0 Å². The summed E-state index contributed by atoms with van der Waals surface area (Å²) in [4.78, 5) is 17.0. The average molecular weight is 365 g/mol. The number of carbonyl (C=O) groups excluding carboxylic acids is 1. The molecule has 4 rings (SSSR count). The van der Waals surface area contributed by atoms with E-state index in [1.54, 1.807) is 12.5 Å². The first kappa shape index (κ1) is 17.7. The molecule has 3 N–H and O–H groups in total. The Morgan fingerprint density at radius 3 is 2.93 bits per heavy atom. The van der Waals surface area contributed by atoms with Gasteiger partial charge >= 0.3 is 0 Å². The zero-order valence-corrected chi connectivity index (χ0v) is 15.5. The lowest BCUT2D eigenvalue weighted by Gasteiger charge is -2.33. The molecule has 1 amide bonds. The topological polar surface area (TPSA) is 103 Å². The fourth-order valence-electron chi connectivity index (χ4n) is 4.27. The van der Waals surface area contributed by atoms with Crippen LogP contribution in [0.15, 0.2) is 29.2 Å². The van der Waals surface area contributed by atoms with E-state index in [-0.39, 0.29) is 18.0 Å². The molecule has 0 spiro atoms. The van der Waals surface area contributed by atoms with Gasteiger partial charge in [0, 0.05) is 23.8 Å². The highest BCUT2D eigenvalue weighted by Gasteiger charge is 2.41. The van der Waals surface area contributed by atoms with Crippen LogP contribution >= 0.6 is 0 Å². The molecule has 2 aliphatic rings. The molecule has 1 aliphatic heterocycles. The van der Waals surface area contributed by atoms with Gasteiger partial charge in [0.1, 0.15) is 11.8 Å². The van der Waals surface area contributed by atoms with Crippen molar-refractivity contribution in [3.63, 3.8) is 0 Å². The van der Waals surface area contributed by atoms with Crippen molar-refractivity contribution >= 4 is 5.91 Å². The third-order valence-electron chi connectivity index (χ3n) is 5.97. The number of hydrogen-bond acceptors (Lipinski definition) is 6. The summed E-state index contributed by atoms with van der Waals surface area (Å²) in [7, 11) is 0. The van der Waals surface area contributed by atoms with E-state index in [2.05, 4.69) is 27.2 Å². The minimum Gasteiger partial charge on any atom is -0.472 e. The molecule has 0 bridgehead atoms. The lowest BCUT2D eigenvalue weighted by Crippen LogP contribution is -2.44. The molecule has 7 nitrogen and oxygen atoms in total. The molecule has 7 heteroatoms. The van der Waals surface area contributed by atoms with Crippen molar-refractivity contribution in [2.45, 2.75) is 51.2 Å². The van der Waals surface area contributed by atoms with Gasteiger partial charge in [-0.3, -0.25) is 10.2 Å². The maximum absolute atomic E-state index is 12.8. The second-order valence-corrected chi connectivity index (χ2v) is 7.46. The summed E-state index contributed by atoms with van der Waals surface area (Å²) in [5, 5.41) is 12.3. The third-order valence-corrected chi connectivity index (χ3v) is 5.97. The number of furan rings is 1. The summed E-state index contributed by atoms with van der Waals surface area (Å²) < 4.78 is 5.23. The lowest BCUT2D eigenvalue weighted by atomic mass is 9.77. The molecule has 1 saturated heterocycles. The van der Waals surface area contributed by atoms with Crippen molar-refractivity contribution in [3.05, 3.63) is 52.7 Å². The second kappa shape index (κ2) is 7.14. The van der Waals surface area contributed by atoms with Crippen molar-refractivity contribution in [2.75, 3.05) is 0 Å². The van der Waals surface area contributed by atoms with Gasteiger partial charge < -0.3 is 9.73 Å². The maximum Gasteiger partial charge on any atom is 0.270 e. The summed E-state index contributed by atoms with van der Waals surface area (Å²) in [6.45, 7) is 3.69. The Morgan fingerprint density at radius 2 is 2.19 bits per heavy atom. The smallest absolute Gasteiger partial charge is 0.270 e. The average Bonchev–Trinajstić information content (AvgIpc) is 3.32. The van der Waals surface area contributed by atoms with E-state index >= 15 is 0 Å². The molecule has 2 aromatic heterocycles. The number of pyridine rings is 1. The fourth-order valence-corrected chi connectivity index (χ4v) is 4.27. The van der Waals surface area contributed by atoms with E-state index < -0.39 is 0 Å². The van der Waals surface area contributed by atoms with Crippen LogP contribution in [0.3, 0.4) is 0 Å². The number of nitrogens with one attached hydrogen (secondary N) is 3. The van der Waals surface area contributed by atoms with E-state index in [1.807, 2.05) is 19.9 Å². The largest absolute Gasteiger partial charge is 0.472 e. The minimum atomic E-state index is -0.165. The van der Waals surface area contributed by atoms with Crippen LogP contribution in [-0.4, -0.2) is 23.0 Å². The van der Waals surface area contributed by atoms with Crippen molar-refractivity contribution in [3.8, 4) is 6.07 Å². The van der Waals surface area contributed by atoms with Gasteiger partial charge in [-0.25, -0.2) is 10.4 Å². The van der Waals surface area contributed by atoms with Crippen LogP contribution in [0.1, 0.15) is 58.0 Å². The molecule has 2 fully saturated rings. The first-order valence-electron chi connectivity index (χ1n) is 9.28. The van der Waals surface area contributed by atoms with E-state index in [0.29, 0.717) is 23.2 Å². The van der Waals surface area contributed by atoms with Crippen LogP contribution in [0, 0.1) is 31.1 Å². The normalized spacial score (nSPS) is 27.0. The second-order valence-electron chi connectivity index (χ2n) is 7.46. The molecule has 27 heavy (non-hydrogen) atoms. The van der Waals surface area contributed by atoms with E-state index in [4.69, 9.17) is 9.68 Å². The van der Waals surface area contributed by atoms with E-state index in [1.165, 1.54) is 6.20 Å². The Morgan fingerprint density at radius 1 is 1.33 bits per heavy atom. The zero-order valence-electron chi connectivity index (χ0n) is 15.5. The number of carbonyl (C=O) groups is 1. The molecule has 0 radical (unpaired) electrons. The molecule has 4 unspecified atom stereocenters. The van der Waals surface area contributed by atoms with Crippen molar-refractivity contribution in [2.24, 2.45) is 5.92 Å². The Labute approximate surface area is 158 Å². The van der Waals surface area contributed by atoms with Crippen LogP contribution < -0.4 is 16.2 Å². The predicted molar refractivity (Wildman–Crippen MR) is 98.5 cm³/mol. The number of hydrazine groups is 1. The summed E-state index contributed by atoms with van der Waals surface area (Å²) >= 11 is 0. The molecular weight excluding hydrogens is 342 g/mol. The molecule has 1 aliphatic carbocycles. The van der Waals surface area contributed by atoms with Gasteiger partial charge in [0.25, 0.3) is 5.91 Å². The molecule has 1 saturated carbocycles. The summed E-state index contributed by atoms with van der Waals surface area (Å²) in [6, 6.07) is 4.78. The van der Waals surface area contributed by atoms with Crippen molar-refractivity contribution in [1.29, 1.82) is 5.26 Å². The number of nitriles is 1. The number of amides is 1. The predicted octanol–water partition coefficient (Wildman–Crippen LogP) is 2.28. The Hall–Kier alpha value is -2.69. The molecule has 4 atom stereocenters. The summed E-state index contributed by atoms with van der Waals surface area (Å²) in [5.74, 6) is 0.223. The van der Waals surface area contributed by atoms with Crippen molar-refractivity contribution in [1.82, 2.24) is 21.2 Å². The van der Waals surface area contributed by atoms with Gasteiger partial charge in [-0.15, -0.1) is 0 Å². The van der Waals surface area contributed by atoms with Crippen molar-refractivity contribution < 1.29 is 9.21 Å². The fraction of sp³-hybridized carbons (Fsp3) is 0.450. The number of aromatic nitrogens is 1. The Balaban J connectivity index is 1.47. The first-order chi connectivity index (χ1) is 13.1. The van der Waals surface area contributed by atoms with Crippen LogP contribution in [0.25, 0.3) is 0 Å². The number of rotatable bonds is 3. The van der Waals surface area contributed by atoms with Crippen LogP contribution in [-0.2, 0) is 0 Å². The summed E-state index contributed by atoms with van der Waals surface area (Å²) in [6.07, 6.45) is 7.75. The van der Waals surface area contributed by atoms with Gasteiger partial charge in [-0.05, 0) is 56.2 Å². The maximum atomic E-state index is 12.8. The van der Waals surface area contributed by atoms with Gasteiger partial charge in [-0.1, -0.05) is 0 Å². The molecule has 2 aromatic rings. The highest BCUT2D eigenvalue weighted by molar-refractivity contribution is 5.94. The van der Waals surface area contributed by atoms with Crippen LogP contribution in [0.5, 0.6) is 0 Å². The SMILES string of the molecule is Cc1c(C#N)cnc(C(=O)NC2CCC3NNC(c4ccoc4)C3C2)c1C. The number of nitrogens with zero attached hydrogens (tertiary/aromatic N) is 2. The summed E-state index contributed by atoms with van der Waals surface area (Å²) in [5.41, 5.74) is 10.4. The standard InChI is InChI=1S/C20H23N5O2/c1-11-12(2)18(22-9-14(11)8-21)20(26)23-15-3-4-17-16(7-15)19(25-24-17)13-5-6-27-10-13/h5-6,9-10,15-17,19,24-25H,3-4,7H2,1-2H3,(H,23,26). The molecule has 140 valence electrons. The zero-order chi connectivity index (χ0) is 19.0. The van der Waals surface area contributed by atoms with Crippen LogP contribution in [0.2, 0.25) is 0 Å². The molecular formula is C20H23N5O2. The highest BCUT2D eigenvalue weighted by atomic mass is 16.3. The highest BCUT2D eigenvalue weighted by Crippen LogP contribution is 2.38. The molecule has 3 heterocycles. The monoisotopic (exact) mass is 365 g/mol. The van der Waals surface area contributed by atoms with Gasteiger partial charge in [0.05, 0.1) is 24.1 Å². The van der Waals surface area contributed by atoms with Gasteiger partial charge in [0.2, 0.25) is 0 Å². The van der Waals surface area contributed by atoms with Crippen LogP contribution in [0.4, 0.5) is 0 Å². The Bertz CT molecular complexity index is 887. The quantitative estimate of drug-likeness (QED) is 0.771. The van der Waals surface area contributed by atoms with E-state index in [9.17, 15) is 4.79 Å². The molecule has 0 aromatic carbocycles. The minimum absolute atomic E-state index is 0.104. The number of hydrogen-bond donors (Lipinski definition) is 3. The van der Waals surface area contributed by atoms with Gasteiger partial charge in [-0.2, -0.15) is 5.26 Å². The Kier molecular flexibility index (Phi) is 4.68.